The van der Waals surface area contributed by atoms with Crippen LogP contribution in [-0.4, -0.2) is 17.2 Å². The second kappa shape index (κ2) is 5.96. The van der Waals surface area contributed by atoms with Crippen molar-refractivity contribution >= 4 is 11.4 Å². The lowest BCUT2D eigenvalue weighted by Crippen LogP contribution is -2.08. The molecule has 18 heavy (non-hydrogen) atoms. The fourth-order valence-electron chi connectivity index (χ4n) is 1.82. The number of hydrogen-bond donors (Lipinski definition) is 1. The molecular formula is C15H17N3. The molecule has 0 saturated heterocycles. The summed E-state index contributed by atoms with van der Waals surface area (Å²) < 4.78 is 0. The molecule has 0 fully saturated rings. The van der Waals surface area contributed by atoms with Crippen LogP contribution in [0.25, 0.3) is 0 Å². The molecule has 0 spiro atoms. The van der Waals surface area contributed by atoms with E-state index < -0.39 is 0 Å². The lowest BCUT2D eigenvalue weighted by molar-refractivity contribution is 1.13. The molecule has 0 unspecified atom stereocenters. The third-order valence-electron chi connectivity index (χ3n) is 2.65. The summed E-state index contributed by atoms with van der Waals surface area (Å²) in [5, 5.41) is 3.37. The number of pyridine rings is 1. The summed E-state index contributed by atoms with van der Waals surface area (Å²) in [4.78, 5) is 8.50. The molecule has 0 amide bonds. The number of anilines is 1. The molecule has 0 aliphatic heterocycles. The highest BCUT2D eigenvalue weighted by Gasteiger charge is 2.07. The van der Waals surface area contributed by atoms with Crippen molar-refractivity contribution in [2.45, 2.75) is 13.8 Å². The minimum absolute atomic E-state index is 0.791. The number of aliphatic imine (C=N–C) groups is 1. The Bertz CT molecular complexity index is 522. The summed E-state index contributed by atoms with van der Waals surface area (Å²) in [6.07, 6.45) is 11.7. The molecule has 3 heteroatoms. The van der Waals surface area contributed by atoms with E-state index >= 15 is 0 Å². The molecule has 92 valence electrons. The highest BCUT2D eigenvalue weighted by atomic mass is 14.9. The molecule has 1 aromatic rings. The normalized spacial score (nSPS) is 19.1. The lowest BCUT2D eigenvalue weighted by atomic mass is 10.0. The van der Waals surface area contributed by atoms with E-state index in [1.807, 2.05) is 37.3 Å². The molecule has 0 bridgehead atoms. The average molecular weight is 239 g/mol. The van der Waals surface area contributed by atoms with E-state index in [-0.39, 0.29) is 0 Å². The topological polar surface area (TPSA) is 37.3 Å². The molecule has 0 saturated carbocycles. The van der Waals surface area contributed by atoms with Crippen molar-refractivity contribution in [1.29, 1.82) is 0 Å². The number of aromatic nitrogens is 1. The van der Waals surface area contributed by atoms with Crippen molar-refractivity contribution in [3.8, 4) is 0 Å². The zero-order valence-electron chi connectivity index (χ0n) is 10.7. The minimum Gasteiger partial charge on any atom is -0.358 e. The smallest absolute Gasteiger partial charge is 0.0663 e. The van der Waals surface area contributed by atoms with Crippen molar-refractivity contribution < 1.29 is 0 Å². The minimum atomic E-state index is 0.791. The van der Waals surface area contributed by atoms with Crippen molar-refractivity contribution in [2.75, 3.05) is 11.9 Å². The molecule has 0 atom stereocenters. The number of allylic oxidation sites excluding steroid dienone is 6. The largest absolute Gasteiger partial charge is 0.358 e. The molecule has 0 radical (unpaired) electrons. The molecule has 0 aromatic carbocycles. The Kier molecular flexibility index (Phi) is 4.07. The number of rotatable bonds is 3. The number of hydrogen-bond acceptors (Lipinski definition) is 3. The number of nitrogens with one attached hydrogen (secondary N) is 1. The van der Waals surface area contributed by atoms with Crippen LogP contribution in [0.2, 0.25) is 0 Å². The molecular weight excluding hydrogens is 222 g/mol. The van der Waals surface area contributed by atoms with Gasteiger partial charge in [-0.05, 0) is 32.1 Å². The maximum atomic E-state index is 4.50. The van der Waals surface area contributed by atoms with Gasteiger partial charge in [0.05, 0.1) is 5.71 Å². The summed E-state index contributed by atoms with van der Waals surface area (Å²) in [5.41, 5.74) is 4.29. The fourth-order valence-corrected chi connectivity index (χ4v) is 1.82. The zero-order valence-corrected chi connectivity index (χ0v) is 10.7. The average Bonchev–Trinajstić information content (AvgIpc) is 2.41. The van der Waals surface area contributed by atoms with Crippen LogP contribution >= 0.6 is 0 Å². The van der Waals surface area contributed by atoms with Crippen molar-refractivity contribution in [2.24, 2.45) is 4.99 Å². The Hall–Kier alpha value is -2.16. The standard InChI is InChI=1S/C15H17N3/c1-3-17-15-7-5-4-6-14(15)12(2)18-13-8-10-16-11-9-13/h4-11H,3H2,1-2H3,(H,16,18)/b14-12+,17-15-. The van der Waals surface area contributed by atoms with E-state index in [1.165, 1.54) is 0 Å². The maximum absolute atomic E-state index is 4.50. The summed E-state index contributed by atoms with van der Waals surface area (Å²) in [5.74, 6) is 0. The highest BCUT2D eigenvalue weighted by Crippen LogP contribution is 2.16. The Morgan fingerprint density at radius 2 is 1.94 bits per heavy atom. The van der Waals surface area contributed by atoms with Crippen LogP contribution in [-0.2, 0) is 0 Å². The first-order valence-electron chi connectivity index (χ1n) is 6.08. The van der Waals surface area contributed by atoms with Crippen LogP contribution in [0.5, 0.6) is 0 Å². The van der Waals surface area contributed by atoms with Crippen LogP contribution in [0.3, 0.4) is 0 Å². The first-order chi connectivity index (χ1) is 8.81. The molecule has 1 N–H and O–H groups in total. The van der Waals surface area contributed by atoms with E-state index in [2.05, 4.69) is 28.3 Å². The Balaban J connectivity index is 2.26. The highest BCUT2D eigenvalue weighted by molar-refractivity contribution is 6.12. The van der Waals surface area contributed by atoms with Gasteiger partial charge in [-0.3, -0.25) is 9.98 Å². The second-order valence-electron chi connectivity index (χ2n) is 3.98. The molecule has 3 nitrogen and oxygen atoms in total. The van der Waals surface area contributed by atoms with Gasteiger partial charge in [-0.2, -0.15) is 0 Å². The summed E-state index contributed by atoms with van der Waals surface area (Å²) in [7, 11) is 0. The van der Waals surface area contributed by atoms with Crippen LogP contribution in [0.4, 0.5) is 5.69 Å². The van der Waals surface area contributed by atoms with E-state index in [0.717, 1.165) is 29.2 Å². The molecule has 1 aliphatic rings. The van der Waals surface area contributed by atoms with Gasteiger partial charge >= 0.3 is 0 Å². The van der Waals surface area contributed by atoms with Gasteiger partial charge in [0.1, 0.15) is 0 Å². The van der Waals surface area contributed by atoms with Gasteiger partial charge in [0.25, 0.3) is 0 Å². The zero-order chi connectivity index (χ0) is 12.8. The Morgan fingerprint density at radius 1 is 1.22 bits per heavy atom. The Morgan fingerprint density at radius 3 is 2.67 bits per heavy atom. The predicted octanol–water partition coefficient (Wildman–Crippen LogP) is 3.35. The fraction of sp³-hybridized carbons (Fsp3) is 0.200. The van der Waals surface area contributed by atoms with Gasteiger partial charge in [-0.15, -0.1) is 0 Å². The van der Waals surface area contributed by atoms with Gasteiger partial charge in [0.15, 0.2) is 0 Å². The van der Waals surface area contributed by atoms with E-state index in [9.17, 15) is 0 Å². The quantitative estimate of drug-likeness (QED) is 0.878. The number of nitrogens with zero attached hydrogens (tertiary/aromatic N) is 2. The first kappa shape index (κ1) is 12.3. The summed E-state index contributed by atoms with van der Waals surface area (Å²) >= 11 is 0. The monoisotopic (exact) mass is 239 g/mol. The Labute approximate surface area is 108 Å². The van der Waals surface area contributed by atoms with Gasteiger partial charge < -0.3 is 5.32 Å². The van der Waals surface area contributed by atoms with Crippen LogP contribution in [0.15, 0.2) is 65.1 Å². The third-order valence-corrected chi connectivity index (χ3v) is 2.65. The molecule has 1 aliphatic carbocycles. The molecule has 1 heterocycles. The van der Waals surface area contributed by atoms with Crippen LogP contribution in [0.1, 0.15) is 13.8 Å². The van der Waals surface area contributed by atoms with Crippen molar-refractivity contribution in [3.63, 3.8) is 0 Å². The van der Waals surface area contributed by atoms with Gasteiger partial charge in [-0.25, -0.2) is 0 Å². The second-order valence-corrected chi connectivity index (χ2v) is 3.98. The van der Waals surface area contributed by atoms with E-state index in [0.29, 0.717) is 0 Å². The van der Waals surface area contributed by atoms with E-state index in [4.69, 9.17) is 0 Å². The predicted molar refractivity (Wildman–Crippen MR) is 76.8 cm³/mol. The van der Waals surface area contributed by atoms with Gasteiger partial charge in [0.2, 0.25) is 0 Å². The lowest BCUT2D eigenvalue weighted by Gasteiger charge is -2.13. The third kappa shape index (κ3) is 2.94. The van der Waals surface area contributed by atoms with Gasteiger partial charge in [0, 0.05) is 35.9 Å². The van der Waals surface area contributed by atoms with Crippen LogP contribution < -0.4 is 5.32 Å². The van der Waals surface area contributed by atoms with Crippen molar-refractivity contribution in [3.05, 3.63) is 60.1 Å². The molecule has 2 rings (SSSR count). The van der Waals surface area contributed by atoms with E-state index in [1.54, 1.807) is 12.4 Å². The van der Waals surface area contributed by atoms with Gasteiger partial charge in [-0.1, -0.05) is 18.2 Å². The van der Waals surface area contributed by atoms with Crippen LogP contribution in [0, 0.1) is 0 Å². The summed E-state index contributed by atoms with van der Waals surface area (Å²) in [6.45, 7) is 4.90. The molecule has 1 aromatic heterocycles. The van der Waals surface area contributed by atoms with Crippen molar-refractivity contribution in [1.82, 2.24) is 4.98 Å². The SMILES string of the molecule is CC/N=C1/C=CC=C/C1=C(/C)Nc1ccncc1. The maximum Gasteiger partial charge on any atom is 0.0663 e. The summed E-state index contributed by atoms with van der Waals surface area (Å²) in [6, 6.07) is 3.89. The first-order valence-corrected chi connectivity index (χ1v) is 6.08.